The van der Waals surface area contributed by atoms with Crippen molar-refractivity contribution in [2.24, 2.45) is 0 Å². The molecular formula is C25H21ClN6O3. The maximum atomic E-state index is 13.6. The smallest absolute Gasteiger partial charge is 0.278 e. The van der Waals surface area contributed by atoms with E-state index in [-0.39, 0.29) is 24.6 Å². The highest BCUT2D eigenvalue weighted by Crippen LogP contribution is 2.38. The minimum atomic E-state index is -0.283. The molecule has 176 valence electrons. The molecule has 3 heterocycles. The van der Waals surface area contributed by atoms with Crippen molar-refractivity contribution in [2.45, 2.75) is 38.8 Å². The van der Waals surface area contributed by atoms with E-state index in [1.165, 1.54) is 10.9 Å². The molecule has 3 aromatic heterocycles. The standard InChI is InChI=1S/C25H21ClN6O3/c1-14-2-9-19-18(10-14)22-23(32(19)11-20(33)28-17-7-5-16(26)6-8-17)25(34)31(13-27-22)12-21-29-24(30-35-21)15-3-4-15/h2,5-10,13,15H,3-4,11-12H2,1H3,(H,28,33). The van der Waals surface area contributed by atoms with E-state index in [0.717, 1.165) is 29.3 Å². The number of nitrogens with zero attached hydrogens (tertiary/aromatic N) is 5. The lowest BCUT2D eigenvalue weighted by Crippen LogP contribution is -2.25. The number of carbonyl (C=O) groups is 1. The summed E-state index contributed by atoms with van der Waals surface area (Å²) in [6, 6.07) is 12.7. The van der Waals surface area contributed by atoms with Crippen LogP contribution in [0.25, 0.3) is 21.9 Å². The lowest BCUT2D eigenvalue weighted by Gasteiger charge is -2.09. The number of carbonyl (C=O) groups excluding carboxylic acids is 1. The second-order valence-corrected chi connectivity index (χ2v) is 9.29. The van der Waals surface area contributed by atoms with Crippen molar-refractivity contribution in [1.29, 1.82) is 0 Å². The van der Waals surface area contributed by atoms with Crippen LogP contribution in [0.2, 0.25) is 5.02 Å². The predicted molar refractivity (Wildman–Crippen MR) is 132 cm³/mol. The zero-order chi connectivity index (χ0) is 24.1. The molecule has 0 unspecified atom stereocenters. The van der Waals surface area contributed by atoms with E-state index in [1.54, 1.807) is 28.8 Å². The molecule has 0 saturated heterocycles. The molecule has 1 fully saturated rings. The summed E-state index contributed by atoms with van der Waals surface area (Å²) in [5, 5.41) is 8.28. The van der Waals surface area contributed by atoms with Gasteiger partial charge in [0.05, 0.1) is 11.8 Å². The first-order valence-electron chi connectivity index (χ1n) is 11.3. The predicted octanol–water partition coefficient (Wildman–Crippen LogP) is 4.26. The van der Waals surface area contributed by atoms with Gasteiger partial charge < -0.3 is 14.4 Å². The number of amides is 1. The molecule has 1 amide bonds. The van der Waals surface area contributed by atoms with Gasteiger partial charge in [0, 0.05) is 22.0 Å². The van der Waals surface area contributed by atoms with Gasteiger partial charge in [-0.1, -0.05) is 28.4 Å². The fourth-order valence-corrected chi connectivity index (χ4v) is 4.38. The number of aromatic nitrogens is 5. The van der Waals surface area contributed by atoms with Gasteiger partial charge in [0.15, 0.2) is 5.82 Å². The molecule has 2 aromatic carbocycles. The molecule has 1 aliphatic rings. The van der Waals surface area contributed by atoms with E-state index >= 15 is 0 Å². The average molecular weight is 489 g/mol. The Labute approximate surface area is 204 Å². The number of fused-ring (bicyclic) bond motifs is 3. The molecule has 0 aliphatic heterocycles. The summed E-state index contributed by atoms with van der Waals surface area (Å²) >= 11 is 5.94. The van der Waals surface area contributed by atoms with Crippen LogP contribution in [0.3, 0.4) is 0 Å². The molecule has 1 aliphatic carbocycles. The summed E-state index contributed by atoms with van der Waals surface area (Å²) in [5.74, 6) is 1.13. The summed E-state index contributed by atoms with van der Waals surface area (Å²) in [4.78, 5) is 35.6. The molecule has 10 heteroatoms. The summed E-state index contributed by atoms with van der Waals surface area (Å²) in [6.07, 6.45) is 3.61. The van der Waals surface area contributed by atoms with Crippen molar-refractivity contribution in [3.8, 4) is 0 Å². The average Bonchev–Trinajstić information content (AvgIpc) is 3.51. The first-order chi connectivity index (χ1) is 17.0. The Hall–Kier alpha value is -3.98. The Kier molecular flexibility index (Phi) is 5.14. The van der Waals surface area contributed by atoms with Gasteiger partial charge in [0.2, 0.25) is 11.8 Å². The van der Waals surface area contributed by atoms with Crippen molar-refractivity contribution in [3.63, 3.8) is 0 Å². The highest BCUT2D eigenvalue weighted by molar-refractivity contribution is 6.30. The molecule has 5 aromatic rings. The number of benzene rings is 2. The Morgan fingerprint density at radius 1 is 1.20 bits per heavy atom. The molecule has 9 nitrogen and oxygen atoms in total. The molecule has 0 atom stereocenters. The second-order valence-electron chi connectivity index (χ2n) is 8.86. The van der Waals surface area contributed by atoms with Crippen molar-refractivity contribution in [1.82, 2.24) is 24.3 Å². The van der Waals surface area contributed by atoms with E-state index in [4.69, 9.17) is 16.1 Å². The van der Waals surface area contributed by atoms with E-state index in [1.807, 2.05) is 25.1 Å². The first-order valence-corrected chi connectivity index (χ1v) is 11.7. The fraction of sp³-hybridized carbons (Fsp3) is 0.240. The van der Waals surface area contributed by atoms with Gasteiger partial charge in [-0.15, -0.1) is 0 Å². The maximum Gasteiger partial charge on any atom is 0.278 e. The highest BCUT2D eigenvalue weighted by Gasteiger charge is 2.29. The second kappa shape index (κ2) is 8.35. The SMILES string of the molecule is Cc1ccc2c(c1)c1ncn(Cc3nc(C4CC4)no3)c(=O)c1n2CC(=O)Nc1ccc(Cl)cc1. The van der Waals surface area contributed by atoms with Crippen molar-refractivity contribution >= 4 is 45.1 Å². The van der Waals surface area contributed by atoms with E-state index < -0.39 is 0 Å². The van der Waals surface area contributed by atoms with Crippen LogP contribution in [0.15, 0.2) is 58.1 Å². The number of rotatable bonds is 6. The summed E-state index contributed by atoms with van der Waals surface area (Å²) in [5.41, 5.74) is 3.03. The molecule has 6 rings (SSSR count). The van der Waals surface area contributed by atoms with E-state index in [2.05, 4.69) is 20.4 Å². The third kappa shape index (κ3) is 4.08. The molecule has 1 saturated carbocycles. The van der Waals surface area contributed by atoms with Crippen LogP contribution in [0, 0.1) is 6.92 Å². The van der Waals surface area contributed by atoms with Crippen molar-refractivity contribution < 1.29 is 9.32 Å². The van der Waals surface area contributed by atoms with Gasteiger partial charge in [-0.2, -0.15) is 4.98 Å². The minimum absolute atomic E-state index is 0.0565. The van der Waals surface area contributed by atoms with Gasteiger partial charge in [-0.3, -0.25) is 14.2 Å². The fourth-order valence-electron chi connectivity index (χ4n) is 4.25. The van der Waals surface area contributed by atoms with Gasteiger partial charge in [-0.25, -0.2) is 4.98 Å². The van der Waals surface area contributed by atoms with Gasteiger partial charge in [-0.05, 0) is 56.2 Å². The van der Waals surface area contributed by atoms with Crippen LogP contribution in [0.5, 0.6) is 0 Å². The van der Waals surface area contributed by atoms with Crippen LogP contribution in [0.1, 0.15) is 36.0 Å². The van der Waals surface area contributed by atoms with Gasteiger partial charge >= 0.3 is 0 Å². The number of halogens is 1. The van der Waals surface area contributed by atoms with Crippen molar-refractivity contribution in [2.75, 3.05) is 5.32 Å². The van der Waals surface area contributed by atoms with E-state index in [9.17, 15) is 9.59 Å². The van der Waals surface area contributed by atoms with E-state index in [0.29, 0.717) is 39.4 Å². The lowest BCUT2D eigenvalue weighted by molar-refractivity contribution is -0.116. The summed E-state index contributed by atoms with van der Waals surface area (Å²) in [6.45, 7) is 2.03. The monoisotopic (exact) mass is 488 g/mol. The third-order valence-corrected chi connectivity index (χ3v) is 6.40. The summed E-state index contributed by atoms with van der Waals surface area (Å²) < 4.78 is 8.50. The third-order valence-electron chi connectivity index (χ3n) is 6.14. The normalized spacial score (nSPS) is 13.5. The zero-order valence-electron chi connectivity index (χ0n) is 18.9. The van der Waals surface area contributed by atoms with Gasteiger partial charge in [0.25, 0.3) is 5.56 Å². The largest absolute Gasteiger partial charge is 0.337 e. The summed E-state index contributed by atoms with van der Waals surface area (Å²) in [7, 11) is 0. The van der Waals surface area contributed by atoms with Crippen LogP contribution in [0.4, 0.5) is 5.69 Å². The zero-order valence-corrected chi connectivity index (χ0v) is 19.6. The Morgan fingerprint density at radius 3 is 2.77 bits per heavy atom. The molecule has 1 N–H and O–H groups in total. The molecule has 0 spiro atoms. The lowest BCUT2D eigenvalue weighted by atomic mass is 10.1. The number of hydrogen-bond acceptors (Lipinski definition) is 6. The van der Waals surface area contributed by atoms with Crippen LogP contribution < -0.4 is 10.9 Å². The number of anilines is 1. The molecule has 0 bridgehead atoms. The topological polar surface area (TPSA) is 108 Å². The maximum absolute atomic E-state index is 13.6. The number of nitrogens with one attached hydrogen (secondary N) is 1. The molecule has 35 heavy (non-hydrogen) atoms. The number of hydrogen-bond donors (Lipinski definition) is 1. The first kappa shape index (κ1) is 21.5. The van der Waals surface area contributed by atoms with Crippen LogP contribution >= 0.6 is 11.6 Å². The Morgan fingerprint density at radius 2 is 2.00 bits per heavy atom. The van der Waals surface area contributed by atoms with Crippen LogP contribution in [-0.4, -0.2) is 30.2 Å². The van der Waals surface area contributed by atoms with Gasteiger partial charge in [0.1, 0.15) is 24.1 Å². The quantitative estimate of drug-likeness (QED) is 0.382. The minimum Gasteiger partial charge on any atom is -0.337 e. The molecular weight excluding hydrogens is 468 g/mol. The Bertz CT molecular complexity index is 1650. The van der Waals surface area contributed by atoms with Crippen LogP contribution in [-0.2, 0) is 17.9 Å². The Balaban J connectivity index is 1.40. The van der Waals surface area contributed by atoms with Crippen molar-refractivity contribution in [3.05, 3.63) is 81.4 Å². The molecule has 0 radical (unpaired) electrons. The highest BCUT2D eigenvalue weighted by atomic mass is 35.5. The number of aryl methyl sites for hydroxylation is 1.